The predicted molar refractivity (Wildman–Crippen MR) is 128 cm³/mol. The van der Waals surface area contributed by atoms with E-state index in [0.717, 1.165) is 18.7 Å². The summed E-state index contributed by atoms with van der Waals surface area (Å²) >= 11 is 0. The van der Waals surface area contributed by atoms with E-state index >= 15 is 0 Å². The average Bonchev–Trinajstić information content (AvgIpc) is 3.28. The number of amides is 1. The molecule has 0 radical (unpaired) electrons. The molecule has 1 aromatic carbocycles. The molecule has 3 unspecified atom stereocenters. The Morgan fingerprint density at radius 2 is 1.89 bits per heavy atom. The Balaban J connectivity index is 1.06. The van der Waals surface area contributed by atoms with Crippen LogP contribution >= 0.6 is 0 Å². The van der Waals surface area contributed by atoms with Crippen LogP contribution in [0.5, 0.6) is 11.5 Å². The topological polar surface area (TPSA) is 86.1 Å². The molecule has 4 aliphatic heterocycles. The number of halogens is 1. The summed E-state index contributed by atoms with van der Waals surface area (Å²) in [7, 11) is 0. The van der Waals surface area contributed by atoms with Crippen molar-refractivity contribution in [3.63, 3.8) is 0 Å². The van der Waals surface area contributed by atoms with Crippen molar-refractivity contribution >= 4 is 22.8 Å². The molecule has 4 aliphatic rings. The number of anilines is 1. The van der Waals surface area contributed by atoms with Crippen LogP contribution in [0.2, 0.25) is 0 Å². The minimum atomic E-state index is -0.378. The molecule has 10 heteroatoms. The van der Waals surface area contributed by atoms with Crippen molar-refractivity contribution in [1.82, 2.24) is 14.5 Å². The largest absolute Gasteiger partial charge is 0.486 e. The van der Waals surface area contributed by atoms with Crippen LogP contribution in [-0.4, -0.2) is 66.0 Å². The van der Waals surface area contributed by atoms with E-state index in [1.807, 2.05) is 18.2 Å². The molecule has 6 heterocycles. The van der Waals surface area contributed by atoms with Gasteiger partial charge in [-0.1, -0.05) is 0 Å². The molecular formula is C26H25FN4O5. The molecule has 3 atom stereocenters. The van der Waals surface area contributed by atoms with Crippen LogP contribution in [0.25, 0.3) is 11.0 Å². The van der Waals surface area contributed by atoms with E-state index in [4.69, 9.17) is 14.2 Å². The van der Waals surface area contributed by atoms with Gasteiger partial charge >= 0.3 is 6.09 Å². The summed E-state index contributed by atoms with van der Waals surface area (Å²) in [5.41, 5.74) is 2.38. The van der Waals surface area contributed by atoms with E-state index in [-0.39, 0.29) is 35.4 Å². The van der Waals surface area contributed by atoms with Gasteiger partial charge in [0.05, 0.1) is 22.9 Å². The molecule has 0 spiro atoms. The fourth-order valence-electron chi connectivity index (χ4n) is 6.06. The first-order chi connectivity index (χ1) is 17.5. The zero-order valence-electron chi connectivity index (χ0n) is 19.6. The first-order valence-corrected chi connectivity index (χ1v) is 12.3. The number of rotatable bonds is 3. The van der Waals surface area contributed by atoms with Gasteiger partial charge in [-0.05, 0) is 31.2 Å². The van der Waals surface area contributed by atoms with Crippen LogP contribution < -0.4 is 19.9 Å². The van der Waals surface area contributed by atoms with Gasteiger partial charge < -0.3 is 18.8 Å². The average molecular weight is 493 g/mol. The molecule has 2 saturated heterocycles. The highest BCUT2D eigenvalue weighted by Crippen LogP contribution is 2.38. The van der Waals surface area contributed by atoms with Gasteiger partial charge in [0.25, 0.3) is 5.56 Å². The quantitative estimate of drug-likeness (QED) is 0.556. The summed E-state index contributed by atoms with van der Waals surface area (Å²) in [5.74, 6) is 0.979. The van der Waals surface area contributed by atoms with Crippen molar-refractivity contribution in [3.8, 4) is 11.5 Å². The summed E-state index contributed by atoms with van der Waals surface area (Å²) in [5, 5.41) is 0. The number of pyridine rings is 2. The van der Waals surface area contributed by atoms with Crippen molar-refractivity contribution in [3.05, 3.63) is 58.3 Å². The lowest BCUT2D eigenvalue weighted by molar-refractivity contribution is -0.00858. The molecule has 9 nitrogen and oxygen atoms in total. The smallest absolute Gasteiger partial charge is 0.414 e. The molecule has 3 aromatic rings. The molecule has 7 rings (SSSR count). The third kappa shape index (κ3) is 3.42. The summed E-state index contributed by atoms with van der Waals surface area (Å²) in [6.07, 6.45) is 1.49. The number of hydrogen-bond donors (Lipinski definition) is 0. The van der Waals surface area contributed by atoms with Gasteiger partial charge in [0.1, 0.15) is 25.1 Å². The number of piperidine rings is 1. The molecule has 0 N–H and O–H groups in total. The molecule has 2 fully saturated rings. The van der Waals surface area contributed by atoms with E-state index in [1.165, 1.54) is 12.3 Å². The van der Waals surface area contributed by atoms with Gasteiger partial charge in [0.2, 0.25) is 0 Å². The third-order valence-electron chi connectivity index (χ3n) is 7.79. The molecule has 36 heavy (non-hydrogen) atoms. The lowest BCUT2D eigenvalue weighted by atomic mass is 9.90. The van der Waals surface area contributed by atoms with Gasteiger partial charge in [-0.15, -0.1) is 0 Å². The number of benzene rings is 1. The van der Waals surface area contributed by atoms with E-state index < -0.39 is 0 Å². The number of carbonyl (C=O) groups excluding carboxylic acids is 1. The number of fused-ring (bicyclic) bond motifs is 2. The number of carbonyl (C=O) groups is 1. The Kier molecular flexibility index (Phi) is 4.92. The first kappa shape index (κ1) is 21.6. The zero-order chi connectivity index (χ0) is 24.4. The van der Waals surface area contributed by atoms with Crippen LogP contribution in [0.4, 0.5) is 14.9 Å². The summed E-state index contributed by atoms with van der Waals surface area (Å²) in [4.78, 5) is 33.4. The maximum Gasteiger partial charge on any atom is 0.414 e. The van der Waals surface area contributed by atoms with Crippen molar-refractivity contribution in [1.29, 1.82) is 0 Å². The Labute approximate surface area is 206 Å². The van der Waals surface area contributed by atoms with Gasteiger partial charge in [-0.25, -0.2) is 9.18 Å². The Morgan fingerprint density at radius 1 is 1.03 bits per heavy atom. The normalized spacial score (nSPS) is 25.1. The highest BCUT2D eigenvalue weighted by atomic mass is 19.1. The predicted octanol–water partition coefficient (Wildman–Crippen LogP) is 2.75. The molecule has 0 saturated carbocycles. The lowest BCUT2D eigenvalue weighted by Gasteiger charge is -2.44. The number of ether oxygens (including phenoxy) is 3. The van der Waals surface area contributed by atoms with Crippen molar-refractivity contribution in [2.75, 3.05) is 44.3 Å². The van der Waals surface area contributed by atoms with Crippen molar-refractivity contribution in [2.45, 2.75) is 25.0 Å². The minimum Gasteiger partial charge on any atom is -0.486 e. The molecule has 0 aliphatic carbocycles. The monoisotopic (exact) mass is 492 g/mol. The molecule has 0 bridgehead atoms. The van der Waals surface area contributed by atoms with E-state index in [1.54, 1.807) is 15.5 Å². The SMILES string of the molecule is O=C1OC2CN(CC3Cn4c(=O)ccc5ncc(F)c3c54)CCC2CN1c1ccc2c(c1)OCCO2. The molecule has 186 valence electrons. The third-order valence-corrected chi connectivity index (χ3v) is 7.79. The molecular weight excluding hydrogens is 467 g/mol. The number of likely N-dealkylation sites (tertiary alicyclic amines) is 1. The first-order valence-electron chi connectivity index (χ1n) is 12.3. The highest BCUT2D eigenvalue weighted by molar-refractivity contribution is 5.89. The van der Waals surface area contributed by atoms with Gasteiger partial charge in [-0.2, -0.15) is 0 Å². The maximum absolute atomic E-state index is 14.8. The molecule has 2 aromatic heterocycles. The van der Waals surface area contributed by atoms with Gasteiger partial charge in [-0.3, -0.25) is 19.6 Å². The molecule has 1 amide bonds. The Hall–Kier alpha value is -3.66. The van der Waals surface area contributed by atoms with Crippen LogP contribution in [-0.2, 0) is 11.3 Å². The Morgan fingerprint density at radius 3 is 2.78 bits per heavy atom. The second kappa shape index (κ2) is 8.19. The van der Waals surface area contributed by atoms with Crippen LogP contribution in [0, 0.1) is 11.7 Å². The van der Waals surface area contributed by atoms with Crippen LogP contribution in [0.3, 0.4) is 0 Å². The summed E-state index contributed by atoms with van der Waals surface area (Å²) in [6.45, 7) is 3.98. The maximum atomic E-state index is 14.8. The van der Waals surface area contributed by atoms with Crippen molar-refractivity contribution in [2.24, 2.45) is 5.92 Å². The Bertz CT molecular complexity index is 1440. The minimum absolute atomic E-state index is 0.141. The number of nitrogens with zero attached hydrogens (tertiary/aromatic N) is 4. The second-order valence-electron chi connectivity index (χ2n) is 9.90. The standard InChI is InChI=1S/C26H25FN4O5/c27-18-10-28-19-2-4-23(32)31-13-16(24(18)25(19)31)11-29-6-5-15-12-30(26(33)36-22(15)14-29)17-1-3-20-21(9-17)35-8-7-34-20/h1-4,9-10,15-16,22H,5-8,11-14H2. The number of hydrogen-bond acceptors (Lipinski definition) is 7. The van der Waals surface area contributed by atoms with Crippen molar-refractivity contribution < 1.29 is 23.4 Å². The highest BCUT2D eigenvalue weighted by Gasteiger charge is 2.41. The summed E-state index contributed by atoms with van der Waals surface area (Å²) < 4.78 is 33.6. The van der Waals surface area contributed by atoms with Crippen LogP contribution in [0.1, 0.15) is 17.9 Å². The number of aromatic nitrogens is 2. The fraction of sp³-hybridized carbons (Fsp3) is 0.423. The van der Waals surface area contributed by atoms with E-state index in [2.05, 4.69) is 9.88 Å². The van der Waals surface area contributed by atoms with E-state index in [9.17, 15) is 14.0 Å². The van der Waals surface area contributed by atoms with Gasteiger partial charge in [0, 0.05) is 55.7 Å². The van der Waals surface area contributed by atoms with Crippen LogP contribution in [0.15, 0.2) is 41.3 Å². The lowest BCUT2D eigenvalue weighted by Crippen LogP contribution is -2.56. The summed E-state index contributed by atoms with van der Waals surface area (Å²) in [6, 6.07) is 8.65. The zero-order valence-corrected chi connectivity index (χ0v) is 19.6. The van der Waals surface area contributed by atoms with E-state index in [0.29, 0.717) is 67.5 Å². The second-order valence-corrected chi connectivity index (χ2v) is 9.90. The fourth-order valence-corrected chi connectivity index (χ4v) is 6.06. The van der Waals surface area contributed by atoms with Gasteiger partial charge in [0.15, 0.2) is 11.5 Å².